The van der Waals surface area contributed by atoms with E-state index in [1.807, 2.05) is 29.9 Å². The van der Waals surface area contributed by atoms with Gasteiger partial charge in [0.2, 0.25) is 0 Å². The molecule has 0 fully saturated rings. The van der Waals surface area contributed by atoms with Crippen LogP contribution < -0.4 is 14.0 Å². The molecule has 1 N–H and O–H groups in total. The fourth-order valence-electron chi connectivity index (χ4n) is 1.63. The molecule has 8 heteroatoms. The highest BCUT2D eigenvalue weighted by molar-refractivity contribution is 7.80. The zero-order valence-electron chi connectivity index (χ0n) is 11.2. The molecule has 0 aliphatic rings. The molecule has 0 atom stereocenters. The van der Waals surface area contributed by atoms with Gasteiger partial charge in [0.15, 0.2) is 23.9 Å². The van der Waals surface area contributed by atoms with E-state index in [9.17, 15) is 3.89 Å². The van der Waals surface area contributed by atoms with E-state index in [4.69, 9.17) is 22.4 Å². The number of hydrogen-bond acceptors (Lipinski definition) is 4. The van der Waals surface area contributed by atoms with Crippen LogP contribution in [0.1, 0.15) is 0 Å². The number of aromatic nitrogens is 1. The van der Waals surface area contributed by atoms with Crippen molar-refractivity contribution in [3.05, 3.63) is 30.6 Å². The summed E-state index contributed by atoms with van der Waals surface area (Å²) in [5.74, 6) is 1.52. The lowest BCUT2D eigenvalue weighted by Gasteiger charge is -2.07. The van der Waals surface area contributed by atoms with Crippen molar-refractivity contribution in [2.75, 3.05) is 14.2 Å². The van der Waals surface area contributed by atoms with Crippen LogP contribution in [0.4, 0.5) is 3.89 Å². The molecule has 2 rings (SSSR count). The van der Waals surface area contributed by atoms with Gasteiger partial charge >= 0.3 is 10.5 Å². The van der Waals surface area contributed by atoms with Gasteiger partial charge in [-0.3, -0.25) is 4.55 Å². The third kappa shape index (κ3) is 4.98. The Morgan fingerprint density at radius 1 is 1.15 bits per heavy atom. The number of ether oxygens (including phenoxy) is 2. The molecule has 0 unspecified atom stereocenters. The summed E-state index contributed by atoms with van der Waals surface area (Å²) in [7, 11) is 0.120. The number of halogens is 1. The van der Waals surface area contributed by atoms with Crippen LogP contribution >= 0.6 is 0 Å². The van der Waals surface area contributed by atoms with Gasteiger partial charge < -0.3 is 9.47 Å². The number of benzene rings is 1. The highest BCUT2D eigenvalue weighted by Crippen LogP contribution is 2.31. The molecule has 0 radical (unpaired) electrons. The van der Waals surface area contributed by atoms with Gasteiger partial charge in [0.05, 0.1) is 14.2 Å². The normalized spacial score (nSPS) is 10.7. The third-order valence-electron chi connectivity index (χ3n) is 2.42. The Morgan fingerprint density at radius 3 is 2.05 bits per heavy atom. The molecule has 6 nitrogen and oxygen atoms in total. The smallest absolute Gasteiger partial charge is 0.435 e. The monoisotopic (exact) mass is 304 g/mol. The predicted molar refractivity (Wildman–Crippen MR) is 70.9 cm³/mol. The number of methoxy groups -OCH3 is 2. The molecule has 1 heterocycles. The molecule has 0 aliphatic carbocycles. The van der Waals surface area contributed by atoms with E-state index in [1.165, 1.54) is 0 Å². The Balaban J connectivity index is 0.000000347. The Hall–Kier alpha value is -1.93. The lowest BCUT2D eigenvalue weighted by molar-refractivity contribution is -0.670. The Morgan fingerprint density at radius 2 is 1.60 bits per heavy atom. The maximum absolute atomic E-state index is 10.2. The summed E-state index contributed by atoms with van der Waals surface area (Å²) < 4.78 is 46.6. The van der Waals surface area contributed by atoms with Gasteiger partial charge in [0, 0.05) is 11.5 Å². The highest BCUT2D eigenvalue weighted by Gasteiger charge is 2.07. The van der Waals surface area contributed by atoms with Crippen LogP contribution in [0.3, 0.4) is 0 Å². The zero-order chi connectivity index (χ0) is 15.3. The molecule has 2 aromatic rings. The first-order valence-corrected chi connectivity index (χ1v) is 6.76. The van der Waals surface area contributed by atoms with Crippen LogP contribution in [0.25, 0.3) is 10.8 Å². The Bertz CT molecular complexity index is 694. The minimum Gasteiger partial charge on any atom is -0.493 e. The minimum atomic E-state index is -5.17. The molecule has 0 bridgehead atoms. The summed E-state index contributed by atoms with van der Waals surface area (Å²) in [4.78, 5) is 0. The Labute approximate surface area is 116 Å². The summed E-state index contributed by atoms with van der Waals surface area (Å²) in [6, 6.07) is 6.01. The van der Waals surface area contributed by atoms with E-state index >= 15 is 0 Å². The molecule has 0 saturated heterocycles. The molecular formula is C12H15FNO5S+. The second-order valence-corrected chi connectivity index (χ2v) is 4.68. The topological polar surface area (TPSA) is 76.7 Å². The summed E-state index contributed by atoms with van der Waals surface area (Å²) in [5, 5.41) is 2.28. The average Bonchev–Trinajstić information content (AvgIpc) is 2.35. The molecule has 0 saturated carbocycles. The first-order chi connectivity index (χ1) is 9.24. The lowest BCUT2D eigenvalue weighted by Crippen LogP contribution is -2.25. The number of fused-ring (bicyclic) bond motifs is 1. The molecule has 0 spiro atoms. The average molecular weight is 304 g/mol. The number of rotatable bonds is 2. The van der Waals surface area contributed by atoms with Crippen LogP contribution in [0.15, 0.2) is 30.6 Å². The minimum absolute atomic E-state index is 0.760. The van der Waals surface area contributed by atoms with E-state index in [0.717, 1.165) is 22.3 Å². The standard InChI is InChI=1S/C12H14NO2.FHO3S/c1-13-5-4-9-6-11(14-2)12(15-3)7-10(9)8-13;1-5(2,3)4/h4-8H,1-3H3;(H,2,3,4)/q+1;. The van der Waals surface area contributed by atoms with Crippen molar-refractivity contribution >= 4 is 21.3 Å². The van der Waals surface area contributed by atoms with Gasteiger partial charge in [-0.1, -0.05) is 3.89 Å². The van der Waals surface area contributed by atoms with Crippen LogP contribution in [0.2, 0.25) is 0 Å². The third-order valence-corrected chi connectivity index (χ3v) is 2.42. The van der Waals surface area contributed by atoms with Crippen LogP contribution in [0.5, 0.6) is 11.5 Å². The molecule has 1 aromatic carbocycles. The summed E-state index contributed by atoms with van der Waals surface area (Å²) in [6.45, 7) is 0. The quantitative estimate of drug-likeness (QED) is 0.516. The van der Waals surface area contributed by atoms with E-state index < -0.39 is 10.5 Å². The first kappa shape index (κ1) is 16.1. The second kappa shape index (κ2) is 6.49. The van der Waals surface area contributed by atoms with Gasteiger partial charge in [0.1, 0.15) is 7.05 Å². The summed E-state index contributed by atoms with van der Waals surface area (Å²) in [6.07, 6.45) is 4.06. The first-order valence-electron chi connectivity index (χ1n) is 5.42. The lowest BCUT2D eigenvalue weighted by atomic mass is 10.1. The molecule has 1 aromatic heterocycles. The van der Waals surface area contributed by atoms with Crippen molar-refractivity contribution in [3.63, 3.8) is 0 Å². The Kier molecular flexibility index (Phi) is 5.23. The molecule has 110 valence electrons. The fraction of sp³-hybridized carbons (Fsp3) is 0.250. The van der Waals surface area contributed by atoms with Gasteiger partial charge in [0.25, 0.3) is 0 Å². The van der Waals surface area contributed by atoms with Gasteiger partial charge in [-0.05, 0) is 17.5 Å². The number of nitrogens with zero attached hydrogens (tertiary/aromatic N) is 1. The van der Waals surface area contributed by atoms with Crippen molar-refractivity contribution in [2.24, 2.45) is 7.05 Å². The van der Waals surface area contributed by atoms with Gasteiger partial charge in [-0.25, -0.2) is 4.57 Å². The second-order valence-electron chi connectivity index (χ2n) is 3.86. The van der Waals surface area contributed by atoms with Crippen molar-refractivity contribution in [2.45, 2.75) is 0 Å². The fourth-order valence-corrected chi connectivity index (χ4v) is 1.63. The summed E-state index contributed by atoms with van der Waals surface area (Å²) in [5.41, 5.74) is 0. The van der Waals surface area contributed by atoms with Crippen molar-refractivity contribution in [1.29, 1.82) is 0 Å². The zero-order valence-corrected chi connectivity index (χ0v) is 12.0. The summed E-state index contributed by atoms with van der Waals surface area (Å²) >= 11 is 0. The molecule has 0 aliphatic heterocycles. The SMILES string of the molecule is COc1cc2cc[n+](C)cc2cc1OC.O=S(=O)(O)F. The number of pyridine rings is 1. The highest BCUT2D eigenvalue weighted by atomic mass is 32.3. The number of hydrogen-bond donors (Lipinski definition) is 1. The van der Waals surface area contributed by atoms with E-state index in [0.29, 0.717) is 0 Å². The van der Waals surface area contributed by atoms with Crippen molar-refractivity contribution in [1.82, 2.24) is 0 Å². The van der Waals surface area contributed by atoms with E-state index in [-0.39, 0.29) is 0 Å². The predicted octanol–water partition coefficient (Wildman–Crippen LogP) is 1.44. The number of aryl methyl sites for hydroxylation is 1. The molecular weight excluding hydrogens is 289 g/mol. The largest absolute Gasteiger partial charge is 0.493 e. The van der Waals surface area contributed by atoms with Crippen molar-refractivity contribution in [3.8, 4) is 11.5 Å². The maximum Gasteiger partial charge on any atom is 0.435 e. The van der Waals surface area contributed by atoms with Crippen LogP contribution in [-0.2, 0) is 17.6 Å². The van der Waals surface area contributed by atoms with Gasteiger partial charge in [-0.2, -0.15) is 8.42 Å². The van der Waals surface area contributed by atoms with E-state index in [2.05, 4.69) is 12.3 Å². The van der Waals surface area contributed by atoms with Crippen molar-refractivity contribution < 1.29 is 30.9 Å². The van der Waals surface area contributed by atoms with Crippen LogP contribution in [-0.4, -0.2) is 27.2 Å². The molecule has 0 amide bonds. The molecule has 20 heavy (non-hydrogen) atoms. The van der Waals surface area contributed by atoms with Crippen LogP contribution in [0, 0.1) is 0 Å². The van der Waals surface area contributed by atoms with Gasteiger partial charge in [-0.15, -0.1) is 0 Å². The van der Waals surface area contributed by atoms with E-state index in [1.54, 1.807) is 14.2 Å². The maximum atomic E-state index is 10.2.